The van der Waals surface area contributed by atoms with E-state index in [0.29, 0.717) is 17.2 Å². The predicted molar refractivity (Wildman–Crippen MR) is 75.0 cm³/mol. The van der Waals surface area contributed by atoms with Crippen LogP contribution < -0.4 is 11.0 Å². The van der Waals surface area contributed by atoms with Crippen LogP contribution in [0.2, 0.25) is 0 Å². The van der Waals surface area contributed by atoms with Gasteiger partial charge in [-0.2, -0.15) is 5.10 Å². The number of aryl methyl sites for hydroxylation is 2. The Morgan fingerprint density at radius 1 is 1.43 bits per heavy atom. The van der Waals surface area contributed by atoms with Crippen LogP contribution >= 0.6 is 0 Å². The third kappa shape index (κ3) is 2.42. The maximum atomic E-state index is 12.3. The van der Waals surface area contributed by atoms with E-state index in [0.717, 1.165) is 11.2 Å². The van der Waals surface area contributed by atoms with Gasteiger partial charge in [0.15, 0.2) is 0 Å². The van der Waals surface area contributed by atoms with E-state index in [-0.39, 0.29) is 12.5 Å². The SMILES string of the molecule is Cc1ccn2c(C(=O)NCc3n[nH]c(=O)[nH]3)c(C)nc2c1. The Labute approximate surface area is 119 Å². The van der Waals surface area contributed by atoms with Crippen LogP contribution in [0.25, 0.3) is 5.65 Å². The van der Waals surface area contributed by atoms with Crippen molar-refractivity contribution < 1.29 is 4.79 Å². The summed E-state index contributed by atoms with van der Waals surface area (Å²) in [6.45, 7) is 3.89. The first-order valence-corrected chi connectivity index (χ1v) is 6.41. The van der Waals surface area contributed by atoms with E-state index in [4.69, 9.17) is 0 Å². The Balaban J connectivity index is 1.87. The second-order valence-electron chi connectivity index (χ2n) is 4.79. The number of carbonyl (C=O) groups is 1. The molecule has 0 aliphatic rings. The first kappa shape index (κ1) is 13.1. The average molecular weight is 286 g/mol. The van der Waals surface area contributed by atoms with E-state index >= 15 is 0 Å². The second kappa shape index (κ2) is 4.89. The van der Waals surface area contributed by atoms with Crippen molar-refractivity contribution >= 4 is 11.6 Å². The van der Waals surface area contributed by atoms with Crippen molar-refractivity contribution in [3.63, 3.8) is 0 Å². The quantitative estimate of drug-likeness (QED) is 0.643. The maximum absolute atomic E-state index is 12.3. The lowest BCUT2D eigenvalue weighted by atomic mass is 10.3. The average Bonchev–Trinajstić information content (AvgIpc) is 2.98. The van der Waals surface area contributed by atoms with Crippen LogP contribution in [-0.2, 0) is 6.54 Å². The lowest BCUT2D eigenvalue weighted by Crippen LogP contribution is -2.25. The molecule has 0 aliphatic heterocycles. The lowest BCUT2D eigenvalue weighted by molar-refractivity contribution is 0.0943. The Morgan fingerprint density at radius 2 is 2.24 bits per heavy atom. The highest BCUT2D eigenvalue weighted by molar-refractivity contribution is 5.94. The van der Waals surface area contributed by atoms with Crippen molar-refractivity contribution in [3.05, 3.63) is 51.6 Å². The van der Waals surface area contributed by atoms with E-state index in [2.05, 4.69) is 25.5 Å². The van der Waals surface area contributed by atoms with Gasteiger partial charge in [-0.3, -0.25) is 14.2 Å². The lowest BCUT2D eigenvalue weighted by Gasteiger charge is -2.04. The summed E-state index contributed by atoms with van der Waals surface area (Å²) < 4.78 is 1.74. The summed E-state index contributed by atoms with van der Waals surface area (Å²) in [7, 11) is 0. The molecule has 21 heavy (non-hydrogen) atoms. The van der Waals surface area contributed by atoms with Gasteiger partial charge in [-0.15, -0.1) is 0 Å². The van der Waals surface area contributed by atoms with E-state index < -0.39 is 5.69 Å². The van der Waals surface area contributed by atoms with Gasteiger partial charge in [0.1, 0.15) is 17.2 Å². The molecule has 3 aromatic heterocycles. The van der Waals surface area contributed by atoms with Crippen molar-refractivity contribution in [3.8, 4) is 0 Å². The van der Waals surface area contributed by atoms with Crippen LogP contribution in [0.4, 0.5) is 0 Å². The van der Waals surface area contributed by atoms with Gasteiger partial charge in [0.2, 0.25) is 0 Å². The second-order valence-corrected chi connectivity index (χ2v) is 4.79. The van der Waals surface area contributed by atoms with Gasteiger partial charge in [-0.25, -0.2) is 14.9 Å². The van der Waals surface area contributed by atoms with Crippen molar-refractivity contribution in [2.75, 3.05) is 0 Å². The molecule has 0 radical (unpaired) electrons. The molecule has 3 aromatic rings. The summed E-state index contributed by atoms with van der Waals surface area (Å²) in [5, 5.41) is 8.69. The molecule has 0 spiro atoms. The van der Waals surface area contributed by atoms with Crippen molar-refractivity contribution in [2.24, 2.45) is 0 Å². The van der Waals surface area contributed by atoms with Crippen LogP contribution in [-0.4, -0.2) is 30.5 Å². The summed E-state index contributed by atoms with van der Waals surface area (Å²) in [5.74, 6) is 0.100. The number of H-pyrrole nitrogens is 2. The number of nitrogens with zero attached hydrogens (tertiary/aromatic N) is 3. The summed E-state index contributed by atoms with van der Waals surface area (Å²) in [4.78, 5) is 30.1. The zero-order valence-corrected chi connectivity index (χ0v) is 11.6. The van der Waals surface area contributed by atoms with Gasteiger partial charge < -0.3 is 5.32 Å². The Hall–Kier alpha value is -2.90. The van der Waals surface area contributed by atoms with Crippen LogP contribution in [0.15, 0.2) is 23.1 Å². The molecule has 8 heteroatoms. The largest absolute Gasteiger partial charge is 0.343 e. The van der Waals surface area contributed by atoms with Gasteiger partial charge in [0.25, 0.3) is 5.91 Å². The van der Waals surface area contributed by atoms with Crippen molar-refractivity contribution in [2.45, 2.75) is 20.4 Å². The topological polar surface area (TPSA) is 108 Å². The zero-order chi connectivity index (χ0) is 15.0. The van der Waals surface area contributed by atoms with Crippen LogP contribution in [0.3, 0.4) is 0 Å². The highest BCUT2D eigenvalue weighted by atomic mass is 16.2. The summed E-state index contributed by atoms with van der Waals surface area (Å²) in [5.41, 5.74) is 2.52. The molecule has 108 valence electrons. The number of rotatable bonds is 3. The number of aromatic amines is 2. The summed E-state index contributed by atoms with van der Waals surface area (Å²) in [6.07, 6.45) is 1.82. The monoisotopic (exact) mass is 286 g/mol. The molecule has 3 heterocycles. The van der Waals surface area contributed by atoms with Gasteiger partial charge in [0, 0.05) is 6.20 Å². The van der Waals surface area contributed by atoms with Gasteiger partial charge >= 0.3 is 5.69 Å². The number of imidazole rings is 1. The highest BCUT2D eigenvalue weighted by Crippen LogP contribution is 2.13. The fourth-order valence-electron chi connectivity index (χ4n) is 2.17. The maximum Gasteiger partial charge on any atom is 0.340 e. The molecule has 0 saturated heterocycles. The fraction of sp³-hybridized carbons (Fsp3) is 0.231. The van der Waals surface area contributed by atoms with Crippen LogP contribution in [0, 0.1) is 13.8 Å². The van der Waals surface area contributed by atoms with Gasteiger partial charge in [-0.1, -0.05) is 0 Å². The first-order valence-electron chi connectivity index (χ1n) is 6.41. The van der Waals surface area contributed by atoms with Crippen LogP contribution in [0.1, 0.15) is 27.6 Å². The molecule has 0 unspecified atom stereocenters. The third-order valence-corrected chi connectivity index (χ3v) is 3.14. The van der Waals surface area contributed by atoms with Crippen molar-refractivity contribution in [1.82, 2.24) is 29.9 Å². The van der Waals surface area contributed by atoms with Crippen LogP contribution in [0.5, 0.6) is 0 Å². The highest BCUT2D eigenvalue weighted by Gasteiger charge is 2.16. The number of aromatic nitrogens is 5. The normalized spacial score (nSPS) is 11.0. The molecule has 0 saturated carbocycles. The summed E-state index contributed by atoms with van der Waals surface area (Å²) >= 11 is 0. The Kier molecular flexibility index (Phi) is 3.05. The molecule has 3 rings (SSSR count). The number of nitrogens with one attached hydrogen (secondary N) is 3. The molecular formula is C13H14N6O2. The molecule has 0 fully saturated rings. The number of hydrogen-bond acceptors (Lipinski definition) is 4. The minimum Gasteiger partial charge on any atom is -0.343 e. The molecule has 3 N–H and O–H groups in total. The van der Waals surface area contributed by atoms with E-state index in [1.165, 1.54) is 0 Å². The molecule has 8 nitrogen and oxygen atoms in total. The number of carbonyl (C=O) groups excluding carboxylic acids is 1. The van der Waals surface area contributed by atoms with E-state index in [1.807, 2.05) is 25.3 Å². The molecular weight excluding hydrogens is 272 g/mol. The number of amides is 1. The molecule has 0 atom stereocenters. The third-order valence-electron chi connectivity index (χ3n) is 3.14. The fourth-order valence-corrected chi connectivity index (χ4v) is 2.17. The number of pyridine rings is 1. The van der Waals surface area contributed by atoms with Crippen molar-refractivity contribution in [1.29, 1.82) is 0 Å². The molecule has 0 aromatic carbocycles. The Bertz CT molecular complexity index is 872. The standard InChI is InChI=1S/C13H14N6O2/c1-7-3-4-19-10(5-7)15-8(2)11(19)12(20)14-6-9-16-13(21)18-17-9/h3-5H,6H2,1-2H3,(H,14,20)(H2,16,17,18,21). The minimum atomic E-state index is -0.402. The van der Waals surface area contributed by atoms with Gasteiger partial charge in [-0.05, 0) is 31.5 Å². The zero-order valence-electron chi connectivity index (χ0n) is 11.6. The van der Waals surface area contributed by atoms with E-state index in [1.54, 1.807) is 11.3 Å². The van der Waals surface area contributed by atoms with E-state index in [9.17, 15) is 9.59 Å². The molecule has 1 amide bonds. The van der Waals surface area contributed by atoms with Gasteiger partial charge in [0.05, 0.1) is 12.2 Å². The Morgan fingerprint density at radius 3 is 2.95 bits per heavy atom. The first-order chi connectivity index (χ1) is 10.0. The number of hydrogen-bond donors (Lipinski definition) is 3. The summed E-state index contributed by atoms with van der Waals surface area (Å²) in [6, 6.07) is 3.82. The molecule has 0 bridgehead atoms. The number of fused-ring (bicyclic) bond motifs is 1. The predicted octanol–water partition coefficient (Wildman–Crippen LogP) is 0.293. The minimum absolute atomic E-state index is 0.135. The molecule has 0 aliphatic carbocycles. The smallest absolute Gasteiger partial charge is 0.340 e.